The number of hydrogen-bond acceptors (Lipinski definition) is 6. The van der Waals surface area contributed by atoms with Crippen molar-refractivity contribution in [3.63, 3.8) is 0 Å². The maximum absolute atomic E-state index is 12.2. The maximum Gasteiger partial charge on any atom is 0.236 e. The molecule has 24 heavy (non-hydrogen) atoms. The number of anilines is 1. The number of nitrogens with one attached hydrogen (secondary N) is 1. The molecular formula is C17H18N2OS4. The lowest BCUT2D eigenvalue weighted by atomic mass is 10.3. The zero-order chi connectivity index (χ0) is 17.2. The van der Waals surface area contributed by atoms with Crippen LogP contribution in [-0.4, -0.2) is 21.4 Å². The lowest BCUT2D eigenvalue weighted by Gasteiger charge is -2.16. The molecule has 0 unspecified atom stereocenters. The number of nitrogens with zero attached hydrogens (tertiary/aromatic N) is 1. The molecule has 0 saturated carbocycles. The second kappa shape index (κ2) is 7.39. The second-order valence-corrected chi connectivity index (χ2v) is 10.8. The summed E-state index contributed by atoms with van der Waals surface area (Å²) in [5.74, 6) is 0.435. The molecule has 3 aromatic rings. The van der Waals surface area contributed by atoms with Gasteiger partial charge in [-0.3, -0.25) is 4.79 Å². The Morgan fingerprint density at radius 2 is 1.83 bits per heavy atom. The normalized spacial score (nSPS) is 11.6. The molecule has 0 spiro atoms. The monoisotopic (exact) mass is 394 g/mol. The van der Waals surface area contributed by atoms with Crippen molar-refractivity contribution in [3.05, 3.63) is 35.0 Å². The van der Waals surface area contributed by atoms with Crippen molar-refractivity contribution >= 4 is 56.8 Å². The van der Waals surface area contributed by atoms with Crippen LogP contribution in [0.25, 0.3) is 20.3 Å². The zero-order valence-corrected chi connectivity index (χ0v) is 16.9. The van der Waals surface area contributed by atoms with E-state index in [-0.39, 0.29) is 10.7 Å². The van der Waals surface area contributed by atoms with Gasteiger partial charge in [0.05, 0.1) is 15.5 Å². The standard InChI is InChI=1S/C17H18N2OS4/c1-17(2,3)23-10-13(20)18-16-19-14(11-6-4-8-21-11)15(24-16)12-7-5-9-22-12/h4-9H,10H2,1-3H3,(H,18,19,20). The number of carbonyl (C=O) groups excluding carboxylic acids is 1. The second-order valence-electron chi connectivity index (χ2n) is 6.10. The minimum absolute atomic E-state index is 0.000802. The Kier molecular flexibility index (Phi) is 5.44. The van der Waals surface area contributed by atoms with E-state index in [9.17, 15) is 4.79 Å². The van der Waals surface area contributed by atoms with Crippen LogP contribution >= 0.6 is 45.8 Å². The van der Waals surface area contributed by atoms with Crippen molar-refractivity contribution in [1.29, 1.82) is 0 Å². The van der Waals surface area contributed by atoms with Crippen LogP contribution in [0.1, 0.15) is 20.8 Å². The van der Waals surface area contributed by atoms with E-state index < -0.39 is 0 Å². The van der Waals surface area contributed by atoms with Gasteiger partial charge in [-0.05, 0) is 22.9 Å². The highest BCUT2D eigenvalue weighted by atomic mass is 32.2. The smallest absolute Gasteiger partial charge is 0.236 e. The molecule has 7 heteroatoms. The lowest BCUT2D eigenvalue weighted by Crippen LogP contribution is -2.18. The Morgan fingerprint density at radius 1 is 1.17 bits per heavy atom. The number of thiazole rings is 1. The van der Waals surface area contributed by atoms with Gasteiger partial charge in [0.2, 0.25) is 5.91 Å². The van der Waals surface area contributed by atoms with Crippen LogP contribution < -0.4 is 5.32 Å². The Labute approximate surface area is 158 Å². The van der Waals surface area contributed by atoms with Crippen LogP contribution in [0.2, 0.25) is 0 Å². The summed E-state index contributed by atoms with van der Waals surface area (Å²) in [6.45, 7) is 6.33. The molecule has 3 aromatic heterocycles. The summed E-state index contributed by atoms with van der Waals surface area (Å²) < 4.78 is 0.0739. The molecule has 1 N–H and O–H groups in total. The number of thiophene rings is 2. The van der Waals surface area contributed by atoms with E-state index in [1.54, 1.807) is 45.8 Å². The molecule has 1 amide bonds. The van der Waals surface area contributed by atoms with Crippen molar-refractivity contribution in [2.45, 2.75) is 25.5 Å². The van der Waals surface area contributed by atoms with Crippen LogP contribution in [-0.2, 0) is 4.79 Å². The van der Waals surface area contributed by atoms with Crippen molar-refractivity contribution < 1.29 is 4.79 Å². The van der Waals surface area contributed by atoms with E-state index >= 15 is 0 Å². The largest absolute Gasteiger partial charge is 0.301 e. The van der Waals surface area contributed by atoms with E-state index in [2.05, 4.69) is 48.6 Å². The average Bonchev–Trinajstić information content (AvgIpc) is 3.24. The van der Waals surface area contributed by atoms with Crippen molar-refractivity contribution in [1.82, 2.24) is 4.98 Å². The average molecular weight is 395 g/mol. The Balaban J connectivity index is 1.82. The lowest BCUT2D eigenvalue weighted by molar-refractivity contribution is -0.113. The van der Waals surface area contributed by atoms with Gasteiger partial charge in [-0.2, -0.15) is 0 Å². The van der Waals surface area contributed by atoms with E-state index in [0.717, 1.165) is 15.4 Å². The predicted octanol–water partition coefficient (Wildman–Crippen LogP) is 6.07. The van der Waals surface area contributed by atoms with Crippen molar-refractivity contribution in [2.75, 3.05) is 11.1 Å². The van der Waals surface area contributed by atoms with Crippen LogP contribution in [0.4, 0.5) is 5.13 Å². The van der Waals surface area contributed by atoms with E-state index in [1.165, 1.54) is 4.88 Å². The van der Waals surface area contributed by atoms with Gasteiger partial charge in [-0.25, -0.2) is 4.98 Å². The number of aromatic nitrogens is 1. The Bertz CT molecular complexity index is 747. The number of thioether (sulfide) groups is 1. The summed E-state index contributed by atoms with van der Waals surface area (Å²) in [5.41, 5.74) is 0.955. The number of carbonyl (C=O) groups is 1. The third kappa shape index (κ3) is 4.47. The molecule has 0 saturated heterocycles. The molecule has 0 aromatic carbocycles. The predicted molar refractivity (Wildman–Crippen MR) is 110 cm³/mol. The molecule has 0 bridgehead atoms. The first kappa shape index (κ1) is 17.7. The molecule has 0 aliphatic carbocycles. The van der Waals surface area contributed by atoms with E-state index in [0.29, 0.717) is 10.9 Å². The molecule has 0 aliphatic rings. The molecule has 3 nitrogen and oxygen atoms in total. The number of hydrogen-bond donors (Lipinski definition) is 1. The molecule has 0 atom stereocenters. The van der Waals surface area contributed by atoms with Gasteiger partial charge in [0, 0.05) is 9.62 Å². The van der Waals surface area contributed by atoms with Crippen molar-refractivity contribution in [2.24, 2.45) is 0 Å². The van der Waals surface area contributed by atoms with Gasteiger partial charge >= 0.3 is 0 Å². The molecule has 0 radical (unpaired) electrons. The molecule has 0 fully saturated rings. The first-order valence-corrected chi connectivity index (χ1v) is 11.0. The zero-order valence-electron chi connectivity index (χ0n) is 13.7. The van der Waals surface area contributed by atoms with E-state index in [4.69, 9.17) is 0 Å². The fourth-order valence-electron chi connectivity index (χ4n) is 1.97. The molecular weight excluding hydrogens is 376 g/mol. The van der Waals surface area contributed by atoms with Crippen LogP contribution in [0.5, 0.6) is 0 Å². The summed E-state index contributed by atoms with van der Waals surface area (Å²) in [5, 5.41) is 7.73. The molecule has 0 aliphatic heterocycles. The van der Waals surface area contributed by atoms with Gasteiger partial charge in [0.25, 0.3) is 0 Å². The quantitative estimate of drug-likeness (QED) is 0.571. The summed E-state index contributed by atoms with van der Waals surface area (Å²) in [6, 6.07) is 8.22. The van der Waals surface area contributed by atoms with Crippen molar-refractivity contribution in [3.8, 4) is 20.3 Å². The minimum Gasteiger partial charge on any atom is -0.301 e. The summed E-state index contributed by atoms with van der Waals surface area (Å²) in [7, 11) is 0. The highest BCUT2D eigenvalue weighted by Crippen LogP contribution is 2.42. The molecule has 3 rings (SSSR count). The SMILES string of the molecule is CC(C)(C)SCC(=O)Nc1nc(-c2cccs2)c(-c2cccs2)s1. The highest BCUT2D eigenvalue weighted by Gasteiger charge is 2.19. The highest BCUT2D eigenvalue weighted by molar-refractivity contribution is 8.01. The van der Waals surface area contributed by atoms with E-state index in [1.807, 2.05) is 17.5 Å². The summed E-state index contributed by atoms with van der Waals surface area (Å²) >= 11 is 6.54. The topological polar surface area (TPSA) is 42.0 Å². The Hall–Kier alpha value is -1.15. The number of rotatable bonds is 5. The maximum atomic E-state index is 12.2. The van der Waals surface area contributed by atoms with Gasteiger partial charge in [-0.1, -0.05) is 44.2 Å². The summed E-state index contributed by atoms with van der Waals surface area (Å²) in [4.78, 5) is 20.3. The molecule has 3 heterocycles. The first-order chi connectivity index (χ1) is 11.4. The van der Waals surface area contributed by atoms with Gasteiger partial charge in [0.15, 0.2) is 5.13 Å². The first-order valence-electron chi connectivity index (χ1n) is 7.45. The fraction of sp³-hybridized carbons (Fsp3) is 0.294. The molecule has 126 valence electrons. The van der Waals surface area contributed by atoms with Gasteiger partial charge in [-0.15, -0.1) is 34.4 Å². The van der Waals surface area contributed by atoms with Crippen LogP contribution in [0.15, 0.2) is 35.0 Å². The van der Waals surface area contributed by atoms with Crippen LogP contribution in [0, 0.1) is 0 Å². The third-order valence-electron chi connectivity index (χ3n) is 3.01. The third-order valence-corrected chi connectivity index (χ3v) is 7.18. The minimum atomic E-state index is -0.000802. The Morgan fingerprint density at radius 3 is 2.42 bits per heavy atom. The van der Waals surface area contributed by atoms with Crippen LogP contribution in [0.3, 0.4) is 0 Å². The van der Waals surface area contributed by atoms with Gasteiger partial charge in [0.1, 0.15) is 5.69 Å². The van der Waals surface area contributed by atoms with Gasteiger partial charge < -0.3 is 5.32 Å². The number of amides is 1. The summed E-state index contributed by atoms with van der Waals surface area (Å²) in [6.07, 6.45) is 0. The fourth-order valence-corrected chi connectivity index (χ4v) is 5.24.